The molecule has 1 N–H and O–H groups in total. The number of urea groups is 1. The summed E-state index contributed by atoms with van der Waals surface area (Å²) < 4.78 is 16.0. The minimum Gasteiger partial charge on any atom is -0.493 e. The summed E-state index contributed by atoms with van der Waals surface area (Å²) in [6.07, 6.45) is 1.44. The topological polar surface area (TPSA) is 94.2 Å². The molecular weight excluding hydrogens is 460 g/mol. The molecule has 174 valence electrons. The second-order valence-electron chi connectivity index (χ2n) is 7.42. The molecule has 1 fully saturated rings. The van der Waals surface area contributed by atoms with Crippen molar-refractivity contribution < 1.29 is 28.6 Å². The van der Waals surface area contributed by atoms with Gasteiger partial charge in [0.05, 0.1) is 19.2 Å². The Hall–Kier alpha value is -4.04. The standard InChI is InChI=1S/C25H21ClN2O6/c1-32-21-12-15(11-20-24(30)28(25(31)27-20)13-22(29)33-2)10-19(26)23(21)34-14-17-8-5-7-16-6-3-4-9-18(16)17/h3-12H,13-14H2,1-2H3,(H,27,31)/b20-11+. The van der Waals surface area contributed by atoms with E-state index in [2.05, 4.69) is 10.1 Å². The summed E-state index contributed by atoms with van der Waals surface area (Å²) in [4.78, 5) is 36.8. The number of carbonyl (C=O) groups excluding carboxylic acids is 3. The zero-order valence-corrected chi connectivity index (χ0v) is 19.2. The van der Waals surface area contributed by atoms with Crippen LogP contribution in [0.1, 0.15) is 11.1 Å². The Morgan fingerprint density at radius 2 is 1.85 bits per heavy atom. The molecule has 1 saturated heterocycles. The second-order valence-corrected chi connectivity index (χ2v) is 7.82. The molecule has 1 aliphatic heterocycles. The molecule has 0 spiro atoms. The Kier molecular flexibility index (Phi) is 6.70. The molecule has 0 aliphatic carbocycles. The van der Waals surface area contributed by atoms with Crippen LogP contribution in [-0.2, 0) is 20.9 Å². The van der Waals surface area contributed by atoms with Crippen molar-refractivity contribution in [1.82, 2.24) is 10.2 Å². The van der Waals surface area contributed by atoms with Crippen molar-refractivity contribution >= 4 is 46.4 Å². The number of rotatable bonds is 7. The molecule has 0 bridgehead atoms. The second kappa shape index (κ2) is 9.84. The number of methoxy groups -OCH3 is 2. The quantitative estimate of drug-likeness (QED) is 0.310. The number of benzene rings is 3. The third-order valence-electron chi connectivity index (χ3n) is 5.29. The molecule has 3 aromatic rings. The summed E-state index contributed by atoms with van der Waals surface area (Å²) in [5.74, 6) is -0.639. The van der Waals surface area contributed by atoms with Crippen LogP contribution in [0.15, 0.2) is 60.3 Å². The van der Waals surface area contributed by atoms with Crippen molar-refractivity contribution in [2.45, 2.75) is 6.61 Å². The minimum absolute atomic E-state index is 0.00329. The van der Waals surface area contributed by atoms with Gasteiger partial charge in [0.25, 0.3) is 5.91 Å². The van der Waals surface area contributed by atoms with Crippen LogP contribution in [0.2, 0.25) is 5.02 Å². The molecule has 1 heterocycles. The lowest BCUT2D eigenvalue weighted by Gasteiger charge is -2.14. The van der Waals surface area contributed by atoms with Crippen LogP contribution < -0.4 is 14.8 Å². The first-order valence-electron chi connectivity index (χ1n) is 10.3. The Bertz CT molecular complexity index is 1310. The molecule has 0 atom stereocenters. The third-order valence-corrected chi connectivity index (χ3v) is 5.57. The average Bonchev–Trinajstić information content (AvgIpc) is 3.10. The maximum absolute atomic E-state index is 12.5. The molecule has 0 unspecified atom stereocenters. The van der Waals surface area contributed by atoms with Crippen molar-refractivity contribution in [2.75, 3.05) is 20.8 Å². The number of halogens is 1. The van der Waals surface area contributed by atoms with E-state index in [1.54, 1.807) is 12.1 Å². The minimum atomic E-state index is -0.713. The van der Waals surface area contributed by atoms with Crippen LogP contribution in [0, 0.1) is 0 Å². The average molecular weight is 481 g/mol. The van der Waals surface area contributed by atoms with E-state index in [9.17, 15) is 14.4 Å². The van der Waals surface area contributed by atoms with Gasteiger partial charge in [0.2, 0.25) is 0 Å². The van der Waals surface area contributed by atoms with E-state index in [0.29, 0.717) is 17.1 Å². The van der Waals surface area contributed by atoms with E-state index in [4.69, 9.17) is 21.1 Å². The van der Waals surface area contributed by atoms with E-state index in [1.807, 2.05) is 42.5 Å². The first-order chi connectivity index (χ1) is 16.4. The fraction of sp³-hybridized carbons (Fsp3) is 0.160. The normalized spacial score (nSPS) is 14.4. The highest BCUT2D eigenvalue weighted by Gasteiger charge is 2.35. The molecule has 0 aromatic heterocycles. The van der Waals surface area contributed by atoms with Crippen LogP contribution >= 0.6 is 11.6 Å². The maximum Gasteiger partial charge on any atom is 0.329 e. The van der Waals surface area contributed by atoms with Crippen molar-refractivity contribution in [3.63, 3.8) is 0 Å². The van der Waals surface area contributed by atoms with E-state index in [1.165, 1.54) is 20.3 Å². The number of hydrogen-bond donors (Lipinski definition) is 1. The van der Waals surface area contributed by atoms with E-state index in [0.717, 1.165) is 21.2 Å². The number of nitrogens with one attached hydrogen (secondary N) is 1. The summed E-state index contributed by atoms with van der Waals surface area (Å²) in [7, 11) is 2.66. The van der Waals surface area contributed by atoms with Gasteiger partial charge in [-0.3, -0.25) is 9.59 Å². The molecule has 8 nitrogen and oxygen atoms in total. The van der Waals surface area contributed by atoms with Crippen molar-refractivity contribution in [2.24, 2.45) is 0 Å². The van der Waals surface area contributed by atoms with Crippen LogP contribution in [-0.4, -0.2) is 43.6 Å². The first-order valence-corrected chi connectivity index (χ1v) is 10.7. The number of amides is 3. The van der Waals surface area contributed by atoms with Gasteiger partial charge >= 0.3 is 12.0 Å². The fourth-order valence-electron chi connectivity index (χ4n) is 3.61. The van der Waals surface area contributed by atoms with Gasteiger partial charge in [-0.15, -0.1) is 0 Å². The zero-order valence-electron chi connectivity index (χ0n) is 18.5. The molecule has 9 heteroatoms. The predicted molar refractivity (Wildman–Crippen MR) is 127 cm³/mol. The highest BCUT2D eigenvalue weighted by molar-refractivity contribution is 6.32. The van der Waals surface area contributed by atoms with Crippen molar-refractivity contribution in [1.29, 1.82) is 0 Å². The summed E-state index contributed by atoms with van der Waals surface area (Å²) in [5.41, 5.74) is 1.49. The number of esters is 1. The van der Waals surface area contributed by atoms with Gasteiger partial charge in [0.1, 0.15) is 18.8 Å². The largest absolute Gasteiger partial charge is 0.493 e. The SMILES string of the molecule is COC(=O)CN1C(=O)N/C(=C/c2cc(Cl)c(OCc3cccc4ccccc34)c(OC)c2)C1=O. The van der Waals surface area contributed by atoms with E-state index >= 15 is 0 Å². The zero-order chi connectivity index (χ0) is 24.2. The summed E-state index contributed by atoms with van der Waals surface area (Å²) >= 11 is 6.49. The van der Waals surface area contributed by atoms with Gasteiger partial charge in [-0.1, -0.05) is 54.1 Å². The molecule has 1 aliphatic rings. The molecule has 0 saturated carbocycles. The highest BCUT2D eigenvalue weighted by atomic mass is 35.5. The van der Waals surface area contributed by atoms with Gasteiger partial charge < -0.3 is 19.5 Å². The number of nitrogens with zero attached hydrogens (tertiary/aromatic N) is 1. The lowest BCUT2D eigenvalue weighted by atomic mass is 10.1. The van der Waals surface area contributed by atoms with Crippen molar-refractivity contribution in [3.8, 4) is 11.5 Å². The van der Waals surface area contributed by atoms with Crippen molar-refractivity contribution in [3.05, 3.63) is 76.4 Å². The molecule has 3 aromatic carbocycles. The number of carbonyl (C=O) groups is 3. The van der Waals surface area contributed by atoms with Crippen LogP contribution in [0.5, 0.6) is 11.5 Å². The maximum atomic E-state index is 12.5. The fourth-order valence-corrected chi connectivity index (χ4v) is 3.88. The Balaban J connectivity index is 1.57. The first kappa shape index (κ1) is 23.1. The lowest BCUT2D eigenvalue weighted by Crippen LogP contribution is -2.36. The number of hydrogen-bond acceptors (Lipinski definition) is 6. The Morgan fingerprint density at radius 3 is 2.62 bits per heavy atom. The number of fused-ring (bicyclic) bond motifs is 1. The van der Waals surface area contributed by atoms with Gasteiger partial charge in [-0.05, 0) is 40.1 Å². The van der Waals surface area contributed by atoms with Gasteiger partial charge in [-0.2, -0.15) is 0 Å². The smallest absolute Gasteiger partial charge is 0.329 e. The summed E-state index contributed by atoms with van der Waals surface area (Å²) in [6, 6.07) is 16.5. The Morgan fingerprint density at radius 1 is 1.09 bits per heavy atom. The number of ether oxygens (including phenoxy) is 3. The summed E-state index contributed by atoms with van der Waals surface area (Å²) in [6.45, 7) is -0.210. The monoisotopic (exact) mass is 480 g/mol. The lowest BCUT2D eigenvalue weighted by molar-refractivity contribution is -0.143. The third kappa shape index (κ3) is 4.67. The Labute approximate surface area is 200 Å². The van der Waals surface area contributed by atoms with Gasteiger partial charge in [-0.25, -0.2) is 9.69 Å². The number of imide groups is 1. The van der Waals surface area contributed by atoms with E-state index in [-0.39, 0.29) is 17.3 Å². The molecule has 3 amide bonds. The predicted octanol–water partition coefficient (Wildman–Crippen LogP) is 4.15. The van der Waals surface area contributed by atoms with Crippen LogP contribution in [0.25, 0.3) is 16.8 Å². The van der Waals surface area contributed by atoms with Crippen LogP contribution in [0.3, 0.4) is 0 Å². The van der Waals surface area contributed by atoms with Gasteiger partial charge in [0.15, 0.2) is 11.5 Å². The molecular formula is C25H21ClN2O6. The molecule has 0 radical (unpaired) electrons. The molecule has 4 rings (SSSR count). The highest BCUT2D eigenvalue weighted by Crippen LogP contribution is 2.38. The summed E-state index contributed by atoms with van der Waals surface area (Å²) in [5, 5.41) is 4.90. The van der Waals surface area contributed by atoms with E-state index < -0.39 is 24.5 Å². The molecule has 34 heavy (non-hydrogen) atoms. The van der Waals surface area contributed by atoms with Gasteiger partial charge in [0, 0.05) is 0 Å². The van der Waals surface area contributed by atoms with Crippen LogP contribution in [0.4, 0.5) is 4.79 Å².